The van der Waals surface area contributed by atoms with Gasteiger partial charge in [0.15, 0.2) is 0 Å². The molecule has 15 rings (SSSR count). The lowest BCUT2D eigenvalue weighted by Gasteiger charge is -2.37. The van der Waals surface area contributed by atoms with Gasteiger partial charge in [-0.25, -0.2) is 0 Å². The van der Waals surface area contributed by atoms with Gasteiger partial charge in [0, 0.05) is 42.5 Å². The largest absolute Gasteiger partial charge is 0.310 e. The van der Waals surface area contributed by atoms with Gasteiger partial charge in [-0.05, 0) is 137 Å². The van der Waals surface area contributed by atoms with Gasteiger partial charge in [-0.1, -0.05) is 220 Å². The van der Waals surface area contributed by atoms with Crippen molar-refractivity contribution in [3.05, 3.63) is 282 Å². The van der Waals surface area contributed by atoms with Crippen molar-refractivity contribution >= 4 is 48.6 Å². The third kappa shape index (κ3) is 5.70. The maximum absolute atomic E-state index is 2.57. The Labute approximate surface area is 424 Å². The summed E-state index contributed by atoms with van der Waals surface area (Å²) >= 11 is 1.90. The van der Waals surface area contributed by atoms with Gasteiger partial charge in [-0.15, -0.1) is 11.3 Å². The molecule has 0 aliphatic heterocycles. The molecule has 11 aromatic carbocycles. The molecule has 0 fully saturated rings. The van der Waals surface area contributed by atoms with Crippen LogP contribution < -0.4 is 4.90 Å². The van der Waals surface area contributed by atoms with E-state index in [-0.39, 0.29) is 5.41 Å². The van der Waals surface area contributed by atoms with Gasteiger partial charge in [-0.2, -0.15) is 0 Å². The van der Waals surface area contributed by atoms with Crippen LogP contribution in [0.1, 0.15) is 47.2 Å². The summed E-state index contributed by atoms with van der Waals surface area (Å²) in [6, 6.07) is 93.9. The van der Waals surface area contributed by atoms with E-state index in [1.165, 1.54) is 120 Å². The van der Waals surface area contributed by atoms with Crippen LogP contribution in [-0.2, 0) is 10.8 Å². The van der Waals surface area contributed by atoms with Gasteiger partial charge in [0.05, 0.1) is 11.1 Å². The van der Waals surface area contributed by atoms with Crippen LogP contribution in [-0.4, -0.2) is 0 Å². The molecule has 0 N–H and O–H groups in total. The van der Waals surface area contributed by atoms with E-state index < -0.39 is 5.41 Å². The van der Waals surface area contributed by atoms with Gasteiger partial charge in [0.25, 0.3) is 0 Å². The van der Waals surface area contributed by atoms with Gasteiger partial charge in [0.2, 0.25) is 0 Å². The van der Waals surface area contributed by atoms with Crippen molar-refractivity contribution in [2.75, 3.05) is 4.90 Å². The van der Waals surface area contributed by atoms with Crippen molar-refractivity contribution in [2.45, 2.75) is 24.7 Å². The lowest BCUT2D eigenvalue weighted by Crippen LogP contribution is -2.29. The van der Waals surface area contributed by atoms with Crippen LogP contribution in [0, 0.1) is 0 Å². The van der Waals surface area contributed by atoms with E-state index in [0.717, 1.165) is 17.1 Å². The van der Waals surface area contributed by atoms with Gasteiger partial charge < -0.3 is 4.90 Å². The highest BCUT2D eigenvalue weighted by Gasteiger charge is 2.51. The third-order valence-corrected chi connectivity index (χ3v) is 17.5. The number of thiophene rings is 1. The zero-order valence-corrected chi connectivity index (χ0v) is 40.8. The van der Waals surface area contributed by atoms with Crippen molar-refractivity contribution in [1.29, 1.82) is 0 Å². The summed E-state index contributed by atoms with van der Waals surface area (Å²) < 4.78 is 2.64. The van der Waals surface area contributed by atoms with Crippen LogP contribution in [0.5, 0.6) is 0 Å². The first-order chi connectivity index (χ1) is 35.5. The highest BCUT2D eigenvalue weighted by Crippen LogP contribution is 2.64. The Morgan fingerprint density at radius 1 is 0.319 bits per heavy atom. The fourth-order valence-corrected chi connectivity index (χ4v) is 14.3. The van der Waals surface area contributed by atoms with E-state index >= 15 is 0 Å². The second-order valence-corrected chi connectivity index (χ2v) is 21.4. The molecule has 1 atom stereocenters. The maximum Gasteiger partial charge on any atom is 0.0726 e. The Kier molecular flexibility index (Phi) is 8.86. The fraction of sp³-hybridized carbons (Fsp3) is 0.0571. The number of hydrogen-bond donors (Lipinski definition) is 0. The summed E-state index contributed by atoms with van der Waals surface area (Å²) in [7, 11) is 0. The Morgan fingerprint density at radius 3 is 1.54 bits per heavy atom. The molecule has 12 aromatic rings. The molecule has 3 aliphatic carbocycles. The molecule has 0 saturated carbocycles. The topological polar surface area (TPSA) is 3.24 Å². The number of para-hydroxylation sites is 1. The number of hydrogen-bond acceptors (Lipinski definition) is 2. The zero-order chi connectivity index (χ0) is 47.7. The van der Waals surface area contributed by atoms with E-state index in [1.54, 1.807) is 0 Å². The Balaban J connectivity index is 1.04. The predicted octanol–water partition coefficient (Wildman–Crippen LogP) is 19.2. The van der Waals surface area contributed by atoms with Crippen molar-refractivity contribution in [3.63, 3.8) is 0 Å². The number of fused-ring (bicyclic) bond motifs is 19. The number of rotatable bonds is 5. The standard InChI is InChI=1S/C70H47NS/c1-69(2)58-27-13-8-24-53(58)55-39-37-47(42-62(55)69)71(64-30-16-11-20-49(64)46-34-32-45(33-35-46)44-18-4-3-5-19-44)48-36-38-54-51-22-7-6-21-50(51)52-23-9-14-28-59(52)70(63(54)43-48)60-29-15-10-25-56(60)67-61(70)40-41-66-68(67)57-26-12-17-31-65(57)72-66/h3-43H,1-2H3. The van der Waals surface area contributed by atoms with Crippen LogP contribution in [0.3, 0.4) is 0 Å². The number of benzene rings is 11. The van der Waals surface area contributed by atoms with E-state index in [1.807, 2.05) is 11.3 Å². The molecular weight excluding hydrogens is 887 g/mol. The molecule has 0 saturated heterocycles. The lowest BCUT2D eigenvalue weighted by atomic mass is 9.65. The highest BCUT2D eigenvalue weighted by atomic mass is 32.1. The molecule has 0 amide bonds. The van der Waals surface area contributed by atoms with Crippen molar-refractivity contribution < 1.29 is 0 Å². The molecule has 1 spiro atoms. The van der Waals surface area contributed by atoms with Crippen LogP contribution >= 0.6 is 11.3 Å². The molecule has 1 heterocycles. The molecule has 338 valence electrons. The van der Waals surface area contributed by atoms with E-state index in [0.29, 0.717) is 0 Å². The second kappa shape index (κ2) is 15.5. The molecule has 0 bridgehead atoms. The molecule has 0 radical (unpaired) electrons. The molecule has 1 aromatic heterocycles. The monoisotopic (exact) mass is 933 g/mol. The SMILES string of the molecule is CC1(C)c2ccccc2-c2ccc(N(c3ccc4c(c3)C3(c5ccccc5-c5ccccc5-4)c4ccccc4-c4c3ccc3sc5ccccc5c43)c3ccccc3-c3ccc(-c4ccccc4)cc3)cc21. The van der Waals surface area contributed by atoms with Crippen LogP contribution in [0.25, 0.3) is 86.9 Å². The average Bonchev–Trinajstić information content (AvgIpc) is 4.03. The van der Waals surface area contributed by atoms with Gasteiger partial charge in [0.1, 0.15) is 0 Å². The van der Waals surface area contributed by atoms with Crippen LogP contribution in [0.2, 0.25) is 0 Å². The Hall–Kier alpha value is -8.56. The molecule has 1 unspecified atom stereocenters. The summed E-state index contributed by atoms with van der Waals surface area (Å²) in [5.41, 5.74) is 25.6. The van der Waals surface area contributed by atoms with E-state index in [9.17, 15) is 0 Å². The minimum absolute atomic E-state index is 0.180. The van der Waals surface area contributed by atoms with E-state index in [4.69, 9.17) is 0 Å². The van der Waals surface area contributed by atoms with Crippen LogP contribution in [0.15, 0.2) is 249 Å². The minimum atomic E-state index is -0.663. The van der Waals surface area contributed by atoms with Crippen LogP contribution in [0.4, 0.5) is 17.1 Å². The zero-order valence-electron chi connectivity index (χ0n) is 40.0. The first-order valence-corrected chi connectivity index (χ1v) is 26.0. The smallest absolute Gasteiger partial charge is 0.0726 e. The van der Waals surface area contributed by atoms with Crippen molar-refractivity contribution in [3.8, 4) is 66.8 Å². The molecule has 2 heteroatoms. The van der Waals surface area contributed by atoms with Gasteiger partial charge in [-0.3, -0.25) is 0 Å². The van der Waals surface area contributed by atoms with Gasteiger partial charge >= 0.3 is 0 Å². The van der Waals surface area contributed by atoms with Crippen molar-refractivity contribution in [2.24, 2.45) is 0 Å². The third-order valence-electron chi connectivity index (χ3n) is 16.3. The summed E-state index contributed by atoms with van der Waals surface area (Å²) in [6.07, 6.45) is 0. The first-order valence-electron chi connectivity index (χ1n) is 25.2. The van der Waals surface area contributed by atoms with E-state index in [2.05, 4.69) is 267 Å². The second-order valence-electron chi connectivity index (χ2n) is 20.3. The predicted molar refractivity (Wildman–Crippen MR) is 304 cm³/mol. The summed E-state index contributed by atoms with van der Waals surface area (Å²) in [5.74, 6) is 0. The Bertz CT molecular complexity index is 4190. The number of anilines is 3. The molecular formula is C70H47NS. The summed E-state index contributed by atoms with van der Waals surface area (Å²) in [4.78, 5) is 2.55. The quantitative estimate of drug-likeness (QED) is 0.166. The number of nitrogens with zero attached hydrogens (tertiary/aromatic N) is 1. The summed E-state index contributed by atoms with van der Waals surface area (Å²) in [6.45, 7) is 4.77. The minimum Gasteiger partial charge on any atom is -0.310 e. The molecule has 1 nitrogen and oxygen atoms in total. The summed E-state index contributed by atoms with van der Waals surface area (Å²) in [5, 5.41) is 2.67. The molecule has 3 aliphatic rings. The maximum atomic E-state index is 2.57. The lowest BCUT2D eigenvalue weighted by molar-refractivity contribution is 0.660. The fourth-order valence-electron chi connectivity index (χ4n) is 13.2. The van der Waals surface area contributed by atoms with Crippen molar-refractivity contribution in [1.82, 2.24) is 0 Å². The first kappa shape index (κ1) is 41.2. The molecule has 72 heavy (non-hydrogen) atoms. The highest BCUT2D eigenvalue weighted by molar-refractivity contribution is 7.26. The average molecular weight is 934 g/mol. The normalized spacial score (nSPS) is 15.2. The Morgan fingerprint density at radius 2 is 0.819 bits per heavy atom.